The number of carbonyl (C=O) groups is 3. The molecule has 0 aromatic heterocycles. The second kappa shape index (κ2) is 9.65. The van der Waals surface area contributed by atoms with Crippen LogP contribution in [0.1, 0.15) is 24.0 Å². The average molecular weight is 454 g/mol. The molecule has 2 aromatic carbocycles. The third-order valence-electron chi connectivity index (χ3n) is 5.69. The number of hydrogen-bond donors (Lipinski definition) is 2. The second-order valence-corrected chi connectivity index (χ2v) is 9.25. The van der Waals surface area contributed by atoms with Gasteiger partial charge in [0.15, 0.2) is 6.61 Å². The van der Waals surface area contributed by atoms with E-state index in [-0.39, 0.29) is 30.2 Å². The number of carbonyl (C=O) groups excluding carboxylic acids is 3. The smallest absolute Gasteiger partial charge is 0.261 e. The van der Waals surface area contributed by atoms with Gasteiger partial charge in [0.05, 0.1) is 5.88 Å². The Morgan fingerprint density at radius 2 is 1.75 bits per heavy atom. The van der Waals surface area contributed by atoms with Gasteiger partial charge in [0, 0.05) is 29.1 Å². The fourth-order valence-corrected chi connectivity index (χ4v) is 4.61. The molecule has 1 heterocycles. The molecular weight excluding hydrogens is 426 g/mol. The highest BCUT2D eigenvalue weighted by molar-refractivity contribution is 7.99. The Morgan fingerprint density at radius 3 is 2.50 bits per heavy atom. The monoisotopic (exact) mass is 453 g/mol. The minimum absolute atomic E-state index is 0.0185. The van der Waals surface area contributed by atoms with Gasteiger partial charge in [-0.1, -0.05) is 12.1 Å². The van der Waals surface area contributed by atoms with Crippen LogP contribution in [0.2, 0.25) is 0 Å². The van der Waals surface area contributed by atoms with E-state index < -0.39 is 6.04 Å². The van der Waals surface area contributed by atoms with Crippen molar-refractivity contribution in [2.45, 2.75) is 32.7 Å². The number of rotatable bonds is 7. The Hall–Kier alpha value is -3.00. The minimum atomic E-state index is -0.540. The van der Waals surface area contributed by atoms with Crippen LogP contribution in [-0.4, -0.2) is 46.9 Å². The Bertz CT molecular complexity index is 1040. The van der Waals surface area contributed by atoms with Crippen molar-refractivity contribution in [2.24, 2.45) is 5.92 Å². The molecule has 168 valence electrons. The third-order valence-corrected chi connectivity index (χ3v) is 6.70. The number of amides is 3. The standard InChI is InChI=1S/C24H27N3O4S/c1-15-6-9-19(10-16(15)2)26-24(30)21-13-32-14-27(21)22(28)12-31-20-5-3-4-18(11-20)25-23(29)17-7-8-17/h3-6,9-11,17,21H,7-8,12-14H2,1-2H3,(H,25,29)(H,26,30). The predicted octanol–water partition coefficient (Wildman–Crippen LogP) is 3.57. The summed E-state index contributed by atoms with van der Waals surface area (Å²) >= 11 is 1.54. The molecule has 1 saturated heterocycles. The Labute approximate surface area is 191 Å². The first kappa shape index (κ1) is 22.2. The highest BCUT2D eigenvalue weighted by Gasteiger charge is 2.35. The van der Waals surface area contributed by atoms with Crippen molar-refractivity contribution >= 4 is 40.9 Å². The van der Waals surface area contributed by atoms with Gasteiger partial charge in [0.2, 0.25) is 11.8 Å². The van der Waals surface area contributed by atoms with Gasteiger partial charge in [0.25, 0.3) is 5.91 Å². The molecule has 2 aliphatic rings. The zero-order valence-electron chi connectivity index (χ0n) is 18.2. The molecule has 32 heavy (non-hydrogen) atoms. The van der Waals surface area contributed by atoms with Crippen LogP contribution in [0.5, 0.6) is 5.75 Å². The van der Waals surface area contributed by atoms with Gasteiger partial charge in [-0.2, -0.15) is 0 Å². The second-order valence-electron chi connectivity index (χ2n) is 8.25. The number of thioether (sulfide) groups is 1. The molecule has 0 spiro atoms. The first-order valence-electron chi connectivity index (χ1n) is 10.7. The lowest BCUT2D eigenvalue weighted by molar-refractivity contribution is -0.137. The molecule has 8 heteroatoms. The van der Waals surface area contributed by atoms with Crippen LogP contribution < -0.4 is 15.4 Å². The van der Waals surface area contributed by atoms with Crippen molar-refractivity contribution in [3.05, 3.63) is 53.6 Å². The SMILES string of the molecule is Cc1ccc(NC(=O)C2CSCN2C(=O)COc2cccc(NC(=O)C3CC3)c2)cc1C. The lowest BCUT2D eigenvalue weighted by Crippen LogP contribution is -2.46. The molecule has 2 fully saturated rings. The molecule has 1 aliphatic heterocycles. The number of aryl methyl sites for hydroxylation is 2. The van der Waals surface area contributed by atoms with E-state index >= 15 is 0 Å². The fraction of sp³-hybridized carbons (Fsp3) is 0.375. The summed E-state index contributed by atoms with van der Waals surface area (Å²) in [4.78, 5) is 39.1. The molecule has 0 radical (unpaired) electrons. The number of nitrogens with zero attached hydrogens (tertiary/aromatic N) is 1. The average Bonchev–Trinajstić information content (AvgIpc) is 3.51. The van der Waals surface area contributed by atoms with Crippen molar-refractivity contribution in [1.82, 2.24) is 4.90 Å². The van der Waals surface area contributed by atoms with Gasteiger partial charge in [-0.25, -0.2) is 0 Å². The number of ether oxygens (including phenoxy) is 1. The van der Waals surface area contributed by atoms with Gasteiger partial charge in [-0.15, -0.1) is 11.8 Å². The van der Waals surface area contributed by atoms with E-state index in [9.17, 15) is 14.4 Å². The summed E-state index contributed by atoms with van der Waals surface area (Å²) in [6.07, 6.45) is 1.87. The lowest BCUT2D eigenvalue weighted by atomic mass is 10.1. The zero-order valence-corrected chi connectivity index (χ0v) is 19.0. The predicted molar refractivity (Wildman–Crippen MR) is 126 cm³/mol. The first-order valence-corrected chi connectivity index (χ1v) is 11.9. The van der Waals surface area contributed by atoms with Crippen molar-refractivity contribution in [3.8, 4) is 5.75 Å². The van der Waals surface area contributed by atoms with Crippen LogP contribution in [-0.2, 0) is 14.4 Å². The third kappa shape index (κ3) is 5.43. The maximum atomic E-state index is 12.8. The molecule has 2 N–H and O–H groups in total. The number of anilines is 2. The van der Waals surface area contributed by atoms with Crippen LogP contribution in [0, 0.1) is 19.8 Å². The molecule has 1 aliphatic carbocycles. The van der Waals surface area contributed by atoms with E-state index in [0.29, 0.717) is 23.1 Å². The largest absolute Gasteiger partial charge is 0.484 e. The molecule has 1 atom stereocenters. The quantitative estimate of drug-likeness (QED) is 0.669. The van der Waals surface area contributed by atoms with E-state index in [2.05, 4.69) is 10.6 Å². The minimum Gasteiger partial charge on any atom is -0.484 e. The van der Waals surface area contributed by atoms with E-state index in [1.54, 1.807) is 40.9 Å². The number of benzene rings is 2. The first-order chi connectivity index (χ1) is 15.4. The Balaban J connectivity index is 1.32. The maximum Gasteiger partial charge on any atom is 0.261 e. The summed E-state index contributed by atoms with van der Waals surface area (Å²) in [5.41, 5.74) is 3.63. The molecule has 4 rings (SSSR count). The van der Waals surface area contributed by atoms with Crippen molar-refractivity contribution in [2.75, 3.05) is 28.9 Å². The van der Waals surface area contributed by atoms with Crippen molar-refractivity contribution in [1.29, 1.82) is 0 Å². The van der Waals surface area contributed by atoms with Crippen LogP contribution in [0.4, 0.5) is 11.4 Å². The highest BCUT2D eigenvalue weighted by Crippen LogP contribution is 2.30. The van der Waals surface area contributed by atoms with E-state index in [4.69, 9.17) is 4.74 Å². The summed E-state index contributed by atoms with van der Waals surface area (Å²) in [6.45, 7) is 3.84. The van der Waals surface area contributed by atoms with Crippen LogP contribution in [0.3, 0.4) is 0 Å². The highest BCUT2D eigenvalue weighted by atomic mass is 32.2. The molecule has 2 aromatic rings. The summed E-state index contributed by atoms with van der Waals surface area (Å²) in [5.74, 6) is 1.18. The lowest BCUT2D eigenvalue weighted by Gasteiger charge is -2.23. The van der Waals surface area contributed by atoms with Crippen molar-refractivity contribution < 1.29 is 19.1 Å². The van der Waals surface area contributed by atoms with Crippen LogP contribution >= 0.6 is 11.8 Å². The van der Waals surface area contributed by atoms with Crippen LogP contribution in [0.15, 0.2) is 42.5 Å². The number of nitrogens with one attached hydrogen (secondary N) is 2. The topological polar surface area (TPSA) is 87.7 Å². The fourth-order valence-electron chi connectivity index (χ4n) is 3.43. The molecule has 0 bridgehead atoms. The van der Waals surface area contributed by atoms with Crippen LogP contribution in [0.25, 0.3) is 0 Å². The normalized spacial score (nSPS) is 17.7. The summed E-state index contributed by atoms with van der Waals surface area (Å²) < 4.78 is 5.67. The van der Waals surface area contributed by atoms with Gasteiger partial charge >= 0.3 is 0 Å². The molecular formula is C24H27N3O4S. The molecule has 7 nitrogen and oxygen atoms in total. The van der Waals surface area contributed by atoms with Gasteiger partial charge in [0.1, 0.15) is 11.8 Å². The van der Waals surface area contributed by atoms with E-state index in [1.165, 1.54) is 0 Å². The summed E-state index contributed by atoms with van der Waals surface area (Å²) in [6, 6.07) is 12.2. The molecule has 1 saturated carbocycles. The Morgan fingerprint density at radius 1 is 1.00 bits per heavy atom. The molecule has 3 amide bonds. The number of hydrogen-bond acceptors (Lipinski definition) is 5. The summed E-state index contributed by atoms with van der Waals surface area (Å²) in [7, 11) is 0. The van der Waals surface area contributed by atoms with Gasteiger partial charge in [-0.3, -0.25) is 14.4 Å². The van der Waals surface area contributed by atoms with E-state index in [1.807, 2.05) is 32.0 Å². The molecule has 1 unspecified atom stereocenters. The van der Waals surface area contributed by atoms with E-state index in [0.717, 1.165) is 29.7 Å². The Kier molecular flexibility index (Phi) is 6.69. The maximum absolute atomic E-state index is 12.8. The zero-order chi connectivity index (χ0) is 22.7. The van der Waals surface area contributed by atoms with Gasteiger partial charge < -0.3 is 20.3 Å². The summed E-state index contributed by atoms with van der Waals surface area (Å²) in [5, 5.41) is 5.79. The van der Waals surface area contributed by atoms with Gasteiger partial charge in [-0.05, 0) is 62.1 Å². The van der Waals surface area contributed by atoms with Crippen molar-refractivity contribution in [3.63, 3.8) is 0 Å².